The summed E-state index contributed by atoms with van der Waals surface area (Å²) in [6.07, 6.45) is 3.95. The lowest BCUT2D eigenvalue weighted by molar-refractivity contribution is 0.636. The van der Waals surface area contributed by atoms with Gasteiger partial charge in [-0.15, -0.1) is 11.3 Å². The molecule has 0 radical (unpaired) electrons. The first kappa shape index (κ1) is 12.7. The molecule has 0 amide bonds. The van der Waals surface area contributed by atoms with Gasteiger partial charge in [-0.1, -0.05) is 0 Å². The highest BCUT2D eigenvalue weighted by atomic mass is 32.1. The average molecular weight is 301 g/mol. The molecular weight excluding hydrogens is 286 g/mol. The highest BCUT2D eigenvalue weighted by molar-refractivity contribution is 7.17. The summed E-state index contributed by atoms with van der Waals surface area (Å²) in [7, 11) is 1.88. The van der Waals surface area contributed by atoms with Crippen molar-refractivity contribution in [3.63, 3.8) is 0 Å². The second-order valence-corrected chi connectivity index (χ2v) is 6.44. The van der Waals surface area contributed by atoms with Crippen molar-refractivity contribution < 1.29 is 0 Å². The minimum Gasteiger partial charge on any atom is -0.290 e. The fourth-order valence-electron chi connectivity index (χ4n) is 2.42. The standard InChI is InChI=1S/C14H15N5OS/c1-8-6-21-12-11(8)15-7-19(14(12)20)5-10-16-13(9-3-4-9)17-18(10)2/h6-7,9H,3-5H2,1-2H3. The number of hydrogen-bond donors (Lipinski definition) is 0. The van der Waals surface area contributed by atoms with Gasteiger partial charge in [0.05, 0.1) is 18.4 Å². The third-order valence-electron chi connectivity index (χ3n) is 3.85. The molecule has 1 aliphatic carbocycles. The molecule has 108 valence electrons. The second kappa shape index (κ2) is 4.49. The third kappa shape index (κ3) is 2.08. The molecule has 0 aromatic carbocycles. The number of nitrogens with zero attached hydrogens (tertiary/aromatic N) is 5. The molecule has 0 spiro atoms. The largest absolute Gasteiger partial charge is 0.290 e. The number of aromatic nitrogens is 5. The molecule has 1 aliphatic rings. The molecule has 7 heteroatoms. The lowest BCUT2D eigenvalue weighted by atomic mass is 10.3. The van der Waals surface area contributed by atoms with Crippen LogP contribution in [0.3, 0.4) is 0 Å². The van der Waals surface area contributed by atoms with Crippen molar-refractivity contribution in [3.05, 3.63) is 39.3 Å². The highest BCUT2D eigenvalue weighted by Gasteiger charge is 2.28. The van der Waals surface area contributed by atoms with Gasteiger partial charge in [-0.2, -0.15) is 5.10 Å². The summed E-state index contributed by atoms with van der Waals surface area (Å²) in [4.78, 5) is 21.4. The van der Waals surface area contributed by atoms with Crippen LogP contribution < -0.4 is 5.56 Å². The first-order valence-corrected chi connectivity index (χ1v) is 7.84. The fraction of sp³-hybridized carbons (Fsp3) is 0.429. The maximum Gasteiger partial charge on any atom is 0.271 e. The SMILES string of the molecule is Cc1csc2c(=O)n(Cc3nc(C4CC4)nn3C)cnc12. The normalized spacial score (nSPS) is 15.0. The number of aryl methyl sites for hydroxylation is 2. The van der Waals surface area contributed by atoms with E-state index in [0.29, 0.717) is 17.2 Å². The molecule has 0 saturated heterocycles. The smallest absolute Gasteiger partial charge is 0.271 e. The maximum absolute atomic E-state index is 12.5. The number of thiophene rings is 1. The van der Waals surface area contributed by atoms with Gasteiger partial charge in [0.1, 0.15) is 10.5 Å². The van der Waals surface area contributed by atoms with E-state index in [-0.39, 0.29) is 5.56 Å². The maximum atomic E-state index is 12.5. The number of hydrogen-bond acceptors (Lipinski definition) is 5. The van der Waals surface area contributed by atoms with E-state index in [9.17, 15) is 4.79 Å². The Labute approximate surface area is 125 Å². The van der Waals surface area contributed by atoms with Crippen LogP contribution in [0.1, 0.15) is 36.0 Å². The van der Waals surface area contributed by atoms with Gasteiger partial charge in [0, 0.05) is 13.0 Å². The number of rotatable bonds is 3. The Bertz CT molecular complexity index is 887. The van der Waals surface area contributed by atoms with Crippen LogP contribution in [0, 0.1) is 6.92 Å². The van der Waals surface area contributed by atoms with Crippen molar-refractivity contribution in [2.45, 2.75) is 32.2 Å². The minimum atomic E-state index is -0.00549. The van der Waals surface area contributed by atoms with Crippen LogP contribution in [-0.2, 0) is 13.6 Å². The minimum absolute atomic E-state index is 0.00549. The summed E-state index contributed by atoms with van der Waals surface area (Å²) in [5, 5.41) is 6.41. The lowest BCUT2D eigenvalue weighted by Gasteiger charge is -2.04. The predicted molar refractivity (Wildman–Crippen MR) is 80.7 cm³/mol. The van der Waals surface area contributed by atoms with Crippen molar-refractivity contribution in [3.8, 4) is 0 Å². The molecule has 1 saturated carbocycles. The topological polar surface area (TPSA) is 65.6 Å². The van der Waals surface area contributed by atoms with E-state index in [1.807, 2.05) is 19.4 Å². The van der Waals surface area contributed by atoms with Crippen LogP contribution in [0.15, 0.2) is 16.5 Å². The Morgan fingerprint density at radius 1 is 1.43 bits per heavy atom. The second-order valence-electron chi connectivity index (χ2n) is 5.56. The Balaban J connectivity index is 1.73. The molecule has 0 N–H and O–H groups in total. The fourth-order valence-corrected chi connectivity index (χ4v) is 3.37. The van der Waals surface area contributed by atoms with E-state index in [4.69, 9.17) is 0 Å². The van der Waals surface area contributed by atoms with Gasteiger partial charge in [0.15, 0.2) is 5.82 Å². The molecule has 1 fully saturated rings. The van der Waals surface area contributed by atoms with Gasteiger partial charge >= 0.3 is 0 Å². The summed E-state index contributed by atoms with van der Waals surface area (Å²) in [6, 6.07) is 0. The first-order valence-electron chi connectivity index (χ1n) is 6.96. The molecule has 3 heterocycles. The van der Waals surface area contributed by atoms with E-state index < -0.39 is 0 Å². The molecular formula is C14H15N5OS. The Kier molecular flexibility index (Phi) is 2.72. The molecule has 4 rings (SSSR count). The zero-order valence-corrected chi connectivity index (χ0v) is 12.7. The van der Waals surface area contributed by atoms with Crippen molar-refractivity contribution in [2.75, 3.05) is 0 Å². The Morgan fingerprint density at radius 2 is 2.24 bits per heavy atom. The van der Waals surface area contributed by atoms with Gasteiger partial charge in [0.2, 0.25) is 0 Å². The van der Waals surface area contributed by atoms with Crippen LogP contribution in [0.4, 0.5) is 0 Å². The number of fused-ring (bicyclic) bond motifs is 1. The van der Waals surface area contributed by atoms with Gasteiger partial charge in [-0.3, -0.25) is 14.0 Å². The van der Waals surface area contributed by atoms with E-state index in [1.165, 1.54) is 24.2 Å². The predicted octanol–water partition coefficient (Wildman–Crippen LogP) is 1.82. The summed E-state index contributed by atoms with van der Waals surface area (Å²) >= 11 is 1.45. The average Bonchev–Trinajstić information content (AvgIpc) is 3.16. The van der Waals surface area contributed by atoms with Crippen LogP contribution in [0.2, 0.25) is 0 Å². The third-order valence-corrected chi connectivity index (χ3v) is 4.92. The van der Waals surface area contributed by atoms with Crippen LogP contribution in [0.5, 0.6) is 0 Å². The van der Waals surface area contributed by atoms with Crippen molar-refractivity contribution in [2.24, 2.45) is 7.05 Å². The molecule has 0 unspecified atom stereocenters. The van der Waals surface area contributed by atoms with Crippen molar-refractivity contribution >= 4 is 21.6 Å². The molecule has 0 aliphatic heterocycles. The summed E-state index contributed by atoms with van der Waals surface area (Å²) < 4.78 is 4.09. The van der Waals surface area contributed by atoms with Gasteiger partial charge in [0.25, 0.3) is 5.56 Å². The molecule has 0 bridgehead atoms. The van der Waals surface area contributed by atoms with Gasteiger partial charge < -0.3 is 0 Å². The van der Waals surface area contributed by atoms with Gasteiger partial charge in [-0.25, -0.2) is 9.97 Å². The highest BCUT2D eigenvalue weighted by Crippen LogP contribution is 2.38. The quantitative estimate of drug-likeness (QED) is 0.740. The molecule has 6 nitrogen and oxygen atoms in total. The summed E-state index contributed by atoms with van der Waals surface area (Å²) in [5.74, 6) is 2.22. The van der Waals surface area contributed by atoms with E-state index in [2.05, 4.69) is 15.1 Å². The van der Waals surface area contributed by atoms with Gasteiger partial charge in [-0.05, 0) is 30.7 Å². The molecule has 3 aromatic rings. The van der Waals surface area contributed by atoms with Crippen LogP contribution >= 0.6 is 11.3 Å². The molecule has 3 aromatic heterocycles. The summed E-state index contributed by atoms with van der Waals surface area (Å²) in [5.41, 5.74) is 1.85. The van der Waals surface area contributed by atoms with Crippen molar-refractivity contribution in [1.29, 1.82) is 0 Å². The first-order chi connectivity index (χ1) is 10.1. The Hall–Kier alpha value is -2.02. The summed E-state index contributed by atoms with van der Waals surface area (Å²) in [6.45, 7) is 2.38. The van der Waals surface area contributed by atoms with Crippen LogP contribution in [-0.4, -0.2) is 24.3 Å². The van der Waals surface area contributed by atoms with Crippen molar-refractivity contribution in [1.82, 2.24) is 24.3 Å². The van der Waals surface area contributed by atoms with E-state index in [0.717, 1.165) is 22.7 Å². The van der Waals surface area contributed by atoms with Crippen LogP contribution in [0.25, 0.3) is 10.2 Å². The Morgan fingerprint density at radius 3 is 3.00 bits per heavy atom. The zero-order chi connectivity index (χ0) is 14.6. The zero-order valence-electron chi connectivity index (χ0n) is 11.9. The molecule has 0 atom stereocenters. The lowest BCUT2D eigenvalue weighted by Crippen LogP contribution is -2.22. The van der Waals surface area contributed by atoms with E-state index >= 15 is 0 Å². The monoisotopic (exact) mass is 301 g/mol. The molecule has 21 heavy (non-hydrogen) atoms. The van der Waals surface area contributed by atoms with E-state index in [1.54, 1.807) is 15.6 Å².